The fraction of sp³-hybridized carbons (Fsp3) is 0.440. The second-order valence-corrected chi connectivity index (χ2v) is 8.67. The zero-order valence-electron chi connectivity index (χ0n) is 18.1. The standard InChI is InChI=1S/C25H33NO2S/c1-5-26(14-8-6-7-13-25(2,3)4)15-16-27-17-18-28-24-11-9-10-22(20-24)23-12-19-29-21-23/h7,9-13,19-21H,5,14-18H2,1-4H3/b13-7+. The van der Waals surface area contributed by atoms with Gasteiger partial charge >= 0.3 is 0 Å². The van der Waals surface area contributed by atoms with Crippen molar-refractivity contribution in [2.24, 2.45) is 5.41 Å². The van der Waals surface area contributed by atoms with E-state index in [4.69, 9.17) is 9.47 Å². The summed E-state index contributed by atoms with van der Waals surface area (Å²) in [5.74, 6) is 7.21. The molecule has 0 fully saturated rings. The molecule has 3 nitrogen and oxygen atoms in total. The topological polar surface area (TPSA) is 21.7 Å². The van der Waals surface area contributed by atoms with Crippen LogP contribution in [0.15, 0.2) is 53.2 Å². The molecular weight excluding hydrogens is 378 g/mol. The van der Waals surface area contributed by atoms with Crippen molar-refractivity contribution in [3.63, 3.8) is 0 Å². The second-order valence-electron chi connectivity index (χ2n) is 7.89. The van der Waals surface area contributed by atoms with E-state index in [0.29, 0.717) is 19.8 Å². The van der Waals surface area contributed by atoms with Crippen LogP contribution in [0.4, 0.5) is 0 Å². The van der Waals surface area contributed by atoms with Gasteiger partial charge in [0.05, 0.1) is 19.8 Å². The third-order valence-electron chi connectivity index (χ3n) is 4.26. The zero-order chi connectivity index (χ0) is 21.0. The van der Waals surface area contributed by atoms with Crippen LogP contribution in [0.2, 0.25) is 0 Å². The molecule has 2 aromatic rings. The molecule has 0 aliphatic rings. The highest BCUT2D eigenvalue weighted by Gasteiger charge is 2.03. The van der Waals surface area contributed by atoms with Crippen LogP contribution < -0.4 is 4.74 Å². The van der Waals surface area contributed by atoms with Gasteiger partial charge in [0.25, 0.3) is 0 Å². The van der Waals surface area contributed by atoms with Crippen molar-refractivity contribution in [1.29, 1.82) is 0 Å². The summed E-state index contributed by atoms with van der Waals surface area (Å²) in [4.78, 5) is 2.28. The molecule has 0 N–H and O–H groups in total. The number of rotatable bonds is 10. The number of allylic oxidation sites excluding steroid dienone is 2. The summed E-state index contributed by atoms with van der Waals surface area (Å²) in [7, 11) is 0. The number of hydrogen-bond acceptors (Lipinski definition) is 4. The fourth-order valence-electron chi connectivity index (χ4n) is 2.57. The Kier molecular flexibility index (Phi) is 10.0. The first-order valence-electron chi connectivity index (χ1n) is 10.2. The van der Waals surface area contributed by atoms with Gasteiger partial charge in [-0.05, 0) is 58.1 Å². The monoisotopic (exact) mass is 411 g/mol. The van der Waals surface area contributed by atoms with Gasteiger partial charge in [-0.3, -0.25) is 4.90 Å². The maximum atomic E-state index is 5.83. The van der Waals surface area contributed by atoms with Gasteiger partial charge in [-0.2, -0.15) is 11.3 Å². The van der Waals surface area contributed by atoms with E-state index in [-0.39, 0.29) is 5.41 Å². The van der Waals surface area contributed by atoms with Crippen molar-refractivity contribution >= 4 is 11.3 Å². The Balaban J connectivity index is 1.62. The van der Waals surface area contributed by atoms with Gasteiger partial charge < -0.3 is 9.47 Å². The van der Waals surface area contributed by atoms with E-state index in [1.165, 1.54) is 11.1 Å². The van der Waals surface area contributed by atoms with Crippen LogP contribution in [-0.2, 0) is 4.74 Å². The summed E-state index contributed by atoms with van der Waals surface area (Å²) in [6.07, 6.45) is 4.09. The van der Waals surface area contributed by atoms with E-state index in [9.17, 15) is 0 Å². The average molecular weight is 412 g/mol. The Labute approximate surface area is 180 Å². The minimum absolute atomic E-state index is 0.181. The quantitative estimate of drug-likeness (QED) is 0.368. The molecule has 0 atom stereocenters. The van der Waals surface area contributed by atoms with Crippen LogP contribution in [0.1, 0.15) is 27.7 Å². The van der Waals surface area contributed by atoms with Crippen LogP contribution in [0.5, 0.6) is 5.75 Å². The lowest BCUT2D eigenvalue weighted by Gasteiger charge is -2.17. The third kappa shape index (κ3) is 9.80. The van der Waals surface area contributed by atoms with Crippen molar-refractivity contribution in [3.05, 3.63) is 53.2 Å². The van der Waals surface area contributed by atoms with E-state index in [2.05, 4.69) is 79.5 Å². The molecule has 29 heavy (non-hydrogen) atoms. The highest BCUT2D eigenvalue weighted by molar-refractivity contribution is 7.08. The maximum absolute atomic E-state index is 5.83. The molecule has 1 aromatic heterocycles. The second kappa shape index (κ2) is 12.5. The highest BCUT2D eigenvalue weighted by atomic mass is 32.1. The summed E-state index contributed by atoms with van der Waals surface area (Å²) in [6.45, 7) is 13.1. The Morgan fingerprint density at radius 2 is 1.97 bits per heavy atom. The summed E-state index contributed by atoms with van der Waals surface area (Å²) >= 11 is 1.70. The van der Waals surface area contributed by atoms with Gasteiger partial charge in [-0.15, -0.1) is 0 Å². The molecule has 0 saturated heterocycles. The predicted molar refractivity (Wildman–Crippen MR) is 125 cm³/mol. The van der Waals surface area contributed by atoms with Crippen LogP contribution in [0, 0.1) is 17.3 Å². The molecule has 2 rings (SSSR count). The van der Waals surface area contributed by atoms with Crippen LogP contribution in [0.25, 0.3) is 11.1 Å². The van der Waals surface area contributed by atoms with Crippen LogP contribution >= 0.6 is 11.3 Å². The molecule has 0 unspecified atom stereocenters. The van der Waals surface area contributed by atoms with Crippen molar-refractivity contribution in [2.45, 2.75) is 27.7 Å². The predicted octanol–water partition coefficient (Wildman–Crippen LogP) is 5.74. The first-order valence-corrected chi connectivity index (χ1v) is 11.1. The van der Waals surface area contributed by atoms with Gasteiger partial charge in [0.2, 0.25) is 0 Å². The van der Waals surface area contributed by atoms with Crippen molar-refractivity contribution in [3.8, 4) is 28.7 Å². The third-order valence-corrected chi connectivity index (χ3v) is 4.94. The van der Waals surface area contributed by atoms with Gasteiger partial charge in [0, 0.05) is 6.54 Å². The van der Waals surface area contributed by atoms with Crippen LogP contribution in [-0.4, -0.2) is 44.4 Å². The lowest BCUT2D eigenvalue weighted by molar-refractivity contribution is 0.0835. The zero-order valence-corrected chi connectivity index (χ0v) is 18.9. The minimum atomic E-state index is 0.181. The molecule has 1 heterocycles. The molecule has 0 radical (unpaired) electrons. The minimum Gasteiger partial charge on any atom is -0.491 e. The van der Waals surface area contributed by atoms with E-state index in [1.807, 2.05) is 18.2 Å². The largest absolute Gasteiger partial charge is 0.491 e. The normalized spacial score (nSPS) is 11.6. The summed E-state index contributed by atoms with van der Waals surface area (Å²) < 4.78 is 11.6. The molecule has 0 bridgehead atoms. The number of hydrogen-bond donors (Lipinski definition) is 0. The van der Waals surface area contributed by atoms with E-state index >= 15 is 0 Å². The number of benzene rings is 1. The smallest absolute Gasteiger partial charge is 0.120 e. The molecule has 156 valence electrons. The Morgan fingerprint density at radius 1 is 1.10 bits per heavy atom. The van der Waals surface area contributed by atoms with Crippen molar-refractivity contribution in [2.75, 3.05) is 39.5 Å². The molecule has 4 heteroatoms. The molecule has 0 aliphatic carbocycles. The number of ether oxygens (including phenoxy) is 2. The maximum Gasteiger partial charge on any atom is 0.120 e. The van der Waals surface area contributed by atoms with Crippen molar-refractivity contribution < 1.29 is 9.47 Å². The number of nitrogens with zero attached hydrogens (tertiary/aromatic N) is 1. The molecular formula is C25H33NO2S. The highest BCUT2D eigenvalue weighted by Crippen LogP contribution is 2.25. The average Bonchev–Trinajstić information content (AvgIpc) is 3.23. The van der Waals surface area contributed by atoms with Gasteiger partial charge in [-0.1, -0.05) is 57.7 Å². The molecule has 0 saturated carbocycles. The summed E-state index contributed by atoms with van der Waals surface area (Å²) in [5, 5.41) is 4.23. The molecule has 0 aliphatic heterocycles. The van der Waals surface area contributed by atoms with Crippen molar-refractivity contribution in [1.82, 2.24) is 4.90 Å². The first-order chi connectivity index (χ1) is 14.0. The first kappa shape index (κ1) is 23.2. The Morgan fingerprint density at radius 3 is 2.69 bits per heavy atom. The lowest BCUT2D eigenvalue weighted by atomic mass is 9.96. The number of likely N-dealkylation sites (N-methyl/N-ethyl adjacent to an activating group) is 1. The Bertz CT molecular complexity index is 794. The lowest BCUT2D eigenvalue weighted by Crippen LogP contribution is -2.28. The van der Waals surface area contributed by atoms with E-state index in [1.54, 1.807) is 11.3 Å². The fourth-order valence-corrected chi connectivity index (χ4v) is 3.23. The Hall–Kier alpha value is -2.06. The van der Waals surface area contributed by atoms with Gasteiger partial charge in [-0.25, -0.2) is 0 Å². The van der Waals surface area contributed by atoms with Gasteiger partial charge in [0.1, 0.15) is 12.4 Å². The summed E-state index contributed by atoms with van der Waals surface area (Å²) in [6, 6.07) is 10.3. The molecule has 0 amide bonds. The van der Waals surface area contributed by atoms with Crippen LogP contribution in [0.3, 0.4) is 0 Å². The number of thiophene rings is 1. The molecule has 0 spiro atoms. The van der Waals surface area contributed by atoms with E-state index < -0.39 is 0 Å². The van der Waals surface area contributed by atoms with E-state index in [0.717, 1.165) is 25.4 Å². The summed E-state index contributed by atoms with van der Waals surface area (Å²) in [5.41, 5.74) is 2.59. The molecule has 1 aromatic carbocycles. The van der Waals surface area contributed by atoms with Gasteiger partial charge in [0.15, 0.2) is 0 Å². The SMILES string of the molecule is CCN(CC#C/C=C/C(C)(C)C)CCOCCOc1cccc(-c2ccsc2)c1.